The van der Waals surface area contributed by atoms with Crippen LogP contribution in [0, 0.1) is 0 Å². The van der Waals surface area contributed by atoms with Gasteiger partial charge in [-0.3, -0.25) is 9.78 Å². The van der Waals surface area contributed by atoms with Gasteiger partial charge in [0, 0.05) is 23.9 Å². The van der Waals surface area contributed by atoms with E-state index in [4.69, 9.17) is 5.73 Å². The van der Waals surface area contributed by atoms with E-state index in [9.17, 15) is 4.79 Å². The number of nitrogen functional groups attached to an aromatic ring is 1. The number of carbonyl (C=O) groups excluding carboxylic acids is 1. The highest BCUT2D eigenvalue weighted by atomic mass is 16.1. The summed E-state index contributed by atoms with van der Waals surface area (Å²) >= 11 is 0. The van der Waals surface area contributed by atoms with Crippen LogP contribution in [0.25, 0.3) is 0 Å². The Labute approximate surface area is 64.2 Å². The van der Waals surface area contributed by atoms with Gasteiger partial charge >= 0.3 is 0 Å². The fourth-order valence-corrected chi connectivity index (χ4v) is 1.37. The van der Waals surface area contributed by atoms with E-state index in [-0.39, 0.29) is 5.78 Å². The van der Waals surface area contributed by atoms with Crippen molar-refractivity contribution < 1.29 is 4.79 Å². The molecule has 0 saturated carbocycles. The standard InChI is InChI=1S/C8H8N2O/c9-6-3-4-10-8-5(6)1-2-7(8)11/h3-4H,1-2H2,(H2,9,10). The van der Waals surface area contributed by atoms with Crippen molar-refractivity contribution in [1.82, 2.24) is 4.98 Å². The van der Waals surface area contributed by atoms with Crippen LogP contribution in [0.2, 0.25) is 0 Å². The molecule has 1 aromatic heterocycles. The molecule has 0 atom stereocenters. The minimum Gasteiger partial charge on any atom is -0.398 e. The number of pyridine rings is 1. The Hall–Kier alpha value is -1.38. The maximum Gasteiger partial charge on any atom is 0.181 e. The van der Waals surface area contributed by atoms with Crippen LogP contribution < -0.4 is 5.73 Å². The molecule has 0 unspecified atom stereocenters. The lowest BCUT2D eigenvalue weighted by Crippen LogP contribution is -1.98. The topological polar surface area (TPSA) is 56.0 Å². The SMILES string of the molecule is Nc1ccnc2c1CCC2=O. The molecule has 0 spiro atoms. The second-order valence-corrected chi connectivity index (χ2v) is 2.65. The first-order chi connectivity index (χ1) is 5.29. The number of carbonyl (C=O) groups is 1. The minimum atomic E-state index is 0.118. The molecule has 11 heavy (non-hydrogen) atoms. The molecule has 1 aliphatic rings. The zero-order chi connectivity index (χ0) is 7.84. The third-order valence-corrected chi connectivity index (χ3v) is 1.96. The van der Waals surface area contributed by atoms with Gasteiger partial charge in [0.2, 0.25) is 0 Å². The van der Waals surface area contributed by atoms with Crippen LogP contribution in [0.4, 0.5) is 5.69 Å². The summed E-state index contributed by atoms with van der Waals surface area (Å²) in [4.78, 5) is 15.1. The predicted molar refractivity (Wildman–Crippen MR) is 41.3 cm³/mol. The maximum atomic E-state index is 11.1. The van der Waals surface area contributed by atoms with Gasteiger partial charge < -0.3 is 5.73 Å². The molecule has 0 aromatic carbocycles. The van der Waals surface area contributed by atoms with Crippen LogP contribution in [0.1, 0.15) is 22.5 Å². The molecule has 2 N–H and O–H groups in total. The number of Topliss-reactive ketones (excluding diaryl/α,β-unsaturated/α-hetero) is 1. The molecule has 0 fully saturated rings. The van der Waals surface area contributed by atoms with Gasteiger partial charge in [-0.2, -0.15) is 0 Å². The lowest BCUT2D eigenvalue weighted by molar-refractivity contribution is 0.0990. The van der Waals surface area contributed by atoms with E-state index in [0.29, 0.717) is 17.8 Å². The Balaban J connectivity index is 2.66. The number of hydrogen-bond acceptors (Lipinski definition) is 3. The summed E-state index contributed by atoms with van der Waals surface area (Å²) < 4.78 is 0. The van der Waals surface area contributed by atoms with Gasteiger partial charge in [-0.05, 0) is 12.5 Å². The highest BCUT2D eigenvalue weighted by Gasteiger charge is 2.22. The molecular formula is C8H8N2O. The zero-order valence-electron chi connectivity index (χ0n) is 6.00. The van der Waals surface area contributed by atoms with Crippen LogP contribution >= 0.6 is 0 Å². The lowest BCUT2D eigenvalue weighted by atomic mass is 10.2. The maximum absolute atomic E-state index is 11.1. The van der Waals surface area contributed by atoms with Crippen LogP contribution in [-0.4, -0.2) is 10.8 Å². The summed E-state index contributed by atoms with van der Waals surface area (Å²) in [6.07, 6.45) is 2.90. The summed E-state index contributed by atoms with van der Waals surface area (Å²) in [7, 11) is 0. The Morgan fingerprint density at radius 2 is 2.27 bits per heavy atom. The van der Waals surface area contributed by atoms with Crippen molar-refractivity contribution in [2.45, 2.75) is 12.8 Å². The second kappa shape index (κ2) is 2.05. The van der Waals surface area contributed by atoms with E-state index in [1.807, 2.05) is 0 Å². The van der Waals surface area contributed by atoms with Crippen molar-refractivity contribution >= 4 is 11.5 Å². The molecule has 56 valence electrons. The average molecular weight is 148 g/mol. The molecule has 0 saturated heterocycles. The highest BCUT2D eigenvalue weighted by Crippen LogP contribution is 2.24. The van der Waals surface area contributed by atoms with E-state index in [1.54, 1.807) is 12.3 Å². The Morgan fingerprint density at radius 1 is 1.45 bits per heavy atom. The molecular weight excluding hydrogens is 140 g/mol. The zero-order valence-corrected chi connectivity index (χ0v) is 6.00. The molecule has 0 radical (unpaired) electrons. The number of nitrogens with zero attached hydrogens (tertiary/aromatic N) is 1. The third-order valence-electron chi connectivity index (χ3n) is 1.96. The molecule has 1 aliphatic carbocycles. The van der Waals surface area contributed by atoms with Crippen molar-refractivity contribution in [2.75, 3.05) is 5.73 Å². The van der Waals surface area contributed by atoms with Crippen LogP contribution in [0.3, 0.4) is 0 Å². The molecule has 1 heterocycles. The molecule has 0 amide bonds. The van der Waals surface area contributed by atoms with Crippen molar-refractivity contribution in [2.24, 2.45) is 0 Å². The quantitative estimate of drug-likeness (QED) is 0.591. The van der Waals surface area contributed by atoms with Crippen molar-refractivity contribution in [3.63, 3.8) is 0 Å². The molecule has 1 aromatic rings. The second-order valence-electron chi connectivity index (χ2n) is 2.65. The summed E-state index contributed by atoms with van der Waals surface area (Å²) in [5, 5.41) is 0. The van der Waals surface area contributed by atoms with Gasteiger partial charge in [-0.1, -0.05) is 0 Å². The number of nitrogens with two attached hydrogens (primary N) is 1. The first-order valence-corrected chi connectivity index (χ1v) is 3.55. The summed E-state index contributed by atoms with van der Waals surface area (Å²) in [6, 6.07) is 1.73. The number of rotatable bonds is 0. The van der Waals surface area contributed by atoms with E-state index < -0.39 is 0 Å². The molecule has 3 nitrogen and oxygen atoms in total. The Bertz CT molecular complexity index is 320. The molecule has 0 aliphatic heterocycles. The van der Waals surface area contributed by atoms with Gasteiger partial charge in [0.05, 0.1) is 0 Å². The molecule has 3 heteroatoms. The van der Waals surface area contributed by atoms with E-state index in [0.717, 1.165) is 12.0 Å². The van der Waals surface area contributed by atoms with Crippen LogP contribution in [0.15, 0.2) is 12.3 Å². The Morgan fingerprint density at radius 3 is 3.00 bits per heavy atom. The van der Waals surface area contributed by atoms with E-state index in [2.05, 4.69) is 4.98 Å². The van der Waals surface area contributed by atoms with Crippen molar-refractivity contribution in [3.05, 3.63) is 23.5 Å². The highest BCUT2D eigenvalue weighted by molar-refractivity contribution is 5.99. The van der Waals surface area contributed by atoms with Gasteiger partial charge in [0.1, 0.15) is 5.69 Å². The fraction of sp³-hybridized carbons (Fsp3) is 0.250. The van der Waals surface area contributed by atoms with E-state index in [1.165, 1.54) is 0 Å². The fourth-order valence-electron chi connectivity index (χ4n) is 1.37. The van der Waals surface area contributed by atoms with Crippen molar-refractivity contribution in [3.8, 4) is 0 Å². The smallest absolute Gasteiger partial charge is 0.181 e. The minimum absolute atomic E-state index is 0.118. The Kier molecular flexibility index (Phi) is 1.18. The summed E-state index contributed by atoms with van der Waals surface area (Å²) in [6.45, 7) is 0. The summed E-state index contributed by atoms with van der Waals surface area (Å²) in [5.41, 5.74) is 7.84. The average Bonchev–Trinajstić information content (AvgIpc) is 2.35. The van der Waals surface area contributed by atoms with Crippen molar-refractivity contribution in [1.29, 1.82) is 0 Å². The molecule has 2 rings (SSSR count). The van der Waals surface area contributed by atoms with E-state index >= 15 is 0 Å². The lowest BCUT2D eigenvalue weighted by Gasteiger charge is -1.98. The number of aromatic nitrogens is 1. The van der Waals surface area contributed by atoms with Gasteiger partial charge in [-0.15, -0.1) is 0 Å². The number of hydrogen-bond donors (Lipinski definition) is 1. The van der Waals surface area contributed by atoms with Gasteiger partial charge in [0.15, 0.2) is 5.78 Å². The first kappa shape index (κ1) is 6.34. The monoisotopic (exact) mass is 148 g/mol. The summed E-state index contributed by atoms with van der Waals surface area (Å²) in [5.74, 6) is 0.118. The number of fused-ring (bicyclic) bond motifs is 1. The molecule has 0 bridgehead atoms. The number of anilines is 1. The number of ketones is 1. The van der Waals surface area contributed by atoms with Crippen LogP contribution in [0.5, 0.6) is 0 Å². The van der Waals surface area contributed by atoms with Crippen LogP contribution in [-0.2, 0) is 6.42 Å². The third kappa shape index (κ3) is 0.808. The van der Waals surface area contributed by atoms with Gasteiger partial charge in [0.25, 0.3) is 0 Å². The normalized spacial score (nSPS) is 15.1. The largest absolute Gasteiger partial charge is 0.398 e. The predicted octanol–water partition coefficient (Wildman–Crippen LogP) is 0.793. The first-order valence-electron chi connectivity index (χ1n) is 3.55. The van der Waals surface area contributed by atoms with Gasteiger partial charge in [-0.25, -0.2) is 0 Å².